The SMILES string of the molecule is CCOc1ccccc1-n1c(C(C)N(CCc2ccccc2)C(=O)Nc2ccccc2OC)nc2ccccc2c1=O. The van der Waals surface area contributed by atoms with Crippen molar-refractivity contribution in [3.8, 4) is 17.2 Å². The van der Waals surface area contributed by atoms with E-state index in [1.165, 1.54) is 0 Å². The van der Waals surface area contributed by atoms with E-state index >= 15 is 0 Å². The van der Waals surface area contributed by atoms with Crippen molar-refractivity contribution >= 4 is 22.6 Å². The monoisotopic (exact) mass is 562 g/mol. The molecule has 1 N–H and O–H groups in total. The first-order valence-electron chi connectivity index (χ1n) is 14.0. The van der Waals surface area contributed by atoms with Crippen molar-refractivity contribution in [1.82, 2.24) is 14.5 Å². The summed E-state index contributed by atoms with van der Waals surface area (Å²) in [7, 11) is 1.56. The quantitative estimate of drug-likeness (QED) is 0.207. The van der Waals surface area contributed by atoms with Crippen molar-refractivity contribution < 1.29 is 14.3 Å². The van der Waals surface area contributed by atoms with E-state index in [0.717, 1.165) is 5.56 Å². The summed E-state index contributed by atoms with van der Waals surface area (Å²) >= 11 is 0. The predicted molar refractivity (Wildman–Crippen MR) is 166 cm³/mol. The van der Waals surface area contributed by atoms with Crippen molar-refractivity contribution in [2.75, 3.05) is 25.6 Å². The number of aromatic nitrogens is 2. The third-order valence-corrected chi connectivity index (χ3v) is 7.14. The standard InChI is InChI=1S/C34H34N4O4/c1-4-42-31-21-13-11-19-29(31)38-32(35-27-17-9-8-16-26(27)33(38)39)24(2)37(23-22-25-14-6-5-7-15-25)34(40)36-28-18-10-12-20-30(28)41-3/h5-21,24H,4,22-23H2,1-3H3,(H,36,40). The van der Waals surface area contributed by atoms with E-state index in [9.17, 15) is 9.59 Å². The summed E-state index contributed by atoms with van der Waals surface area (Å²) in [6.07, 6.45) is 0.609. The number of nitrogens with zero attached hydrogens (tertiary/aromatic N) is 3. The van der Waals surface area contributed by atoms with Crippen LogP contribution in [-0.2, 0) is 6.42 Å². The van der Waals surface area contributed by atoms with Gasteiger partial charge in [0.15, 0.2) is 0 Å². The number of ether oxygens (including phenoxy) is 2. The average Bonchev–Trinajstić information content (AvgIpc) is 3.02. The maximum atomic E-state index is 14.1. The van der Waals surface area contributed by atoms with Gasteiger partial charge in [-0.1, -0.05) is 66.7 Å². The van der Waals surface area contributed by atoms with Gasteiger partial charge in [-0.15, -0.1) is 0 Å². The average molecular weight is 563 g/mol. The lowest BCUT2D eigenvalue weighted by molar-refractivity contribution is 0.190. The minimum Gasteiger partial charge on any atom is -0.495 e. The van der Waals surface area contributed by atoms with Crippen molar-refractivity contribution in [3.05, 3.63) is 125 Å². The number of benzene rings is 4. The van der Waals surface area contributed by atoms with E-state index in [-0.39, 0.29) is 11.6 Å². The molecule has 2 amide bonds. The van der Waals surface area contributed by atoms with Crippen LogP contribution in [0, 0.1) is 0 Å². The van der Waals surface area contributed by atoms with Crippen molar-refractivity contribution in [1.29, 1.82) is 0 Å². The van der Waals surface area contributed by atoms with Gasteiger partial charge < -0.3 is 19.7 Å². The Morgan fingerprint density at radius 3 is 2.33 bits per heavy atom. The first-order chi connectivity index (χ1) is 20.5. The van der Waals surface area contributed by atoms with Gasteiger partial charge in [0.1, 0.15) is 17.3 Å². The number of anilines is 1. The minimum atomic E-state index is -0.601. The summed E-state index contributed by atoms with van der Waals surface area (Å²) in [5, 5.41) is 3.49. The van der Waals surface area contributed by atoms with E-state index < -0.39 is 6.04 Å². The predicted octanol–water partition coefficient (Wildman–Crippen LogP) is 6.63. The summed E-state index contributed by atoms with van der Waals surface area (Å²) in [6.45, 7) is 4.60. The van der Waals surface area contributed by atoms with Gasteiger partial charge in [-0.25, -0.2) is 9.78 Å². The zero-order valence-electron chi connectivity index (χ0n) is 24.0. The van der Waals surface area contributed by atoms with E-state index in [2.05, 4.69) is 5.32 Å². The van der Waals surface area contributed by atoms with Crippen LogP contribution in [0.15, 0.2) is 108 Å². The molecule has 0 saturated heterocycles. The van der Waals surface area contributed by atoms with Gasteiger partial charge in [-0.05, 0) is 62.2 Å². The largest absolute Gasteiger partial charge is 0.495 e. The van der Waals surface area contributed by atoms with Crippen molar-refractivity contribution in [3.63, 3.8) is 0 Å². The number of urea groups is 1. The Morgan fingerprint density at radius 1 is 0.905 bits per heavy atom. The second-order valence-electron chi connectivity index (χ2n) is 9.76. The molecule has 0 aliphatic heterocycles. The van der Waals surface area contributed by atoms with Crippen molar-refractivity contribution in [2.45, 2.75) is 26.3 Å². The summed E-state index contributed by atoms with van der Waals surface area (Å²) in [5.74, 6) is 1.53. The zero-order chi connectivity index (χ0) is 29.5. The fourth-order valence-electron chi connectivity index (χ4n) is 5.02. The number of hydrogen-bond donors (Lipinski definition) is 1. The third kappa shape index (κ3) is 5.98. The Labute approximate surface area is 245 Å². The molecule has 1 unspecified atom stereocenters. The Morgan fingerprint density at radius 2 is 1.57 bits per heavy atom. The fourth-order valence-corrected chi connectivity index (χ4v) is 5.02. The van der Waals surface area contributed by atoms with Gasteiger partial charge in [-0.2, -0.15) is 0 Å². The molecule has 0 radical (unpaired) electrons. The molecule has 0 fully saturated rings. The molecule has 214 valence electrons. The minimum absolute atomic E-state index is 0.234. The highest BCUT2D eigenvalue weighted by atomic mass is 16.5. The number of rotatable bonds is 10. The summed E-state index contributed by atoms with van der Waals surface area (Å²) < 4.78 is 13.0. The van der Waals surface area contributed by atoms with Crippen LogP contribution < -0.4 is 20.3 Å². The molecular formula is C34H34N4O4. The highest BCUT2D eigenvalue weighted by Gasteiger charge is 2.28. The molecular weight excluding hydrogens is 528 g/mol. The molecule has 42 heavy (non-hydrogen) atoms. The number of amides is 2. The van der Waals surface area contributed by atoms with Crippen LogP contribution in [0.4, 0.5) is 10.5 Å². The van der Waals surface area contributed by atoms with Crippen LogP contribution in [0.2, 0.25) is 0 Å². The number of carbonyl (C=O) groups excluding carboxylic acids is 1. The lowest BCUT2D eigenvalue weighted by atomic mass is 10.1. The normalized spacial score (nSPS) is 11.6. The van der Waals surface area contributed by atoms with Crippen LogP contribution >= 0.6 is 0 Å². The van der Waals surface area contributed by atoms with Gasteiger partial charge in [0, 0.05) is 6.54 Å². The molecule has 1 heterocycles. The fraction of sp³-hybridized carbons (Fsp3) is 0.206. The molecule has 0 spiro atoms. The molecule has 5 aromatic rings. The third-order valence-electron chi connectivity index (χ3n) is 7.14. The Bertz CT molecular complexity index is 1740. The van der Waals surface area contributed by atoms with E-state index in [1.807, 2.05) is 98.8 Å². The molecule has 1 atom stereocenters. The molecule has 5 rings (SSSR count). The van der Waals surface area contributed by atoms with E-state index in [4.69, 9.17) is 14.5 Å². The zero-order valence-corrected chi connectivity index (χ0v) is 24.0. The number of fused-ring (bicyclic) bond motifs is 1. The lowest BCUT2D eigenvalue weighted by Gasteiger charge is -2.31. The first-order valence-corrected chi connectivity index (χ1v) is 14.0. The number of methoxy groups -OCH3 is 1. The van der Waals surface area contributed by atoms with Gasteiger partial charge >= 0.3 is 6.03 Å². The second-order valence-corrected chi connectivity index (χ2v) is 9.76. The molecule has 4 aromatic carbocycles. The molecule has 8 heteroatoms. The first kappa shape index (κ1) is 28.4. The maximum absolute atomic E-state index is 14.1. The Hall–Kier alpha value is -5.11. The van der Waals surface area contributed by atoms with Crippen LogP contribution in [0.25, 0.3) is 16.6 Å². The van der Waals surface area contributed by atoms with Gasteiger partial charge in [0.2, 0.25) is 0 Å². The summed E-state index contributed by atoms with van der Waals surface area (Å²) in [4.78, 5) is 34.8. The molecule has 1 aromatic heterocycles. The highest BCUT2D eigenvalue weighted by Crippen LogP contribution is 2.29. The van der Waals surface area contributed by atoms with Crippen LogP contribution in [0.3, 0.4) is 0 Å². The second kappa shape index (κ2) is 13.0. The number of para-hydroxylation sites is 5. The molecule has 8 nitrogen and oxygen atoms in total. The van der Waals surface area contributed by atoms with Gasteiger partial charge in [0.25, 0.3) is 5.56 Å². The van der Waals surface area contributed by atoms with Crippen molar-refractivity contribution in [2.24, 2.45) is 0 Å². The summed E-state index contributed by atoms with van der Waals surface area (Å²) in [5.41, 5.74) is 2.53. The molecule has 0 saturated carbocycles. The smallest absolute Gasteiger partial charge is 0.322 e. The maximum Gasteiger partial charge on any atom is 0.322 e. The number of carbonyl (C=O) groups is 1. The molecule has 0 aliphatic carbocycles. The van der Waals surface area contributed by atoms with E-state index in [1.54, 1.807) is 34.8 Å². The molecule has 0 aliphatic rings. The highest BCUT2D eigenvalue weighted by molar-refractivity contribution is 5.91. The summed E-state index contributed by atoms with van der Waals surface area (Å²) in [6, 6.07) is 30.9. The number of nitrogens with one attached hydrogen (secondary N) is 1. The van der Waals surface area contributed by atoms with Crippen LogP contribution in [0.5, 0.6) is 11.5 Å². The van der Waals surface area contributed by atoms with Gasteiger partial charge in [-0.3, -0.25) is 9.36 Å². The topological polar surface area (TPSA) is 85.7 Å². The van der Waals surface area contributed by atoms with E-state index in [0.29, 0.717) is 59.2 Å². The lowest BCUT2D eigenvalue weighted by Crippen LogP contribution is -2.41. The van der Waals surface area contributed by atoms with Crippen LogP contribution in [0.1, 0.15) is 31.3 Å². The Balaban J connectivity index is 1.64. The van der Waals surface area contributed by atoms with Crippen LogP contribution in [-0.4, -0.2) is 40.7 Å². The number of hydrogen-bond acceptors (Lipinski definition) is 5. The van der Waals surface area contributed by atoms with Gasteiger partial charge in [0.05, 0.1) is 42.0 Å². The molecule has 0 bridgehead atoms. The Kier molecular flexibility index (Phi) is 8.82.